The summed E-state index contributed by atoms with van der Waals surface area (Å²) in [5.74, 6) is 0.573. The third kappa shape index (κ3) is 10.5. The van der Waals surface area contributed by atoms with Gasteiger partial charge < -0.3 is 24.8 Å². The van der Waals surface area contributed by atoms with Crippen molar-refractivity contribution in [2.24, 2.45) is 0 Å². The molecule has 0 aliphatic carbocycles. The van der Waals surface area contributed by atoms with Gasteiger partial charge in [-0.05, 0) is 33.6 Å². The van der Waals surface area contributed by atoms with E-state index in [1.54, 1.807) is 23.3 Å². The molecule has 0 atom stereocenters. The summed E-state index contributed by atoms with van der Waals surface area (Å²) in [5.41, 5.74) is 12.3. The molecule has 0 aliphatic heterocycles. The van der Waals surface area contributed by atoms with E-state index >= 15 is 0 Å². The summed E-state index contributed by atoms with van der Waals surface area (Å²) in [7, 11) is 0. The monoisotopic (exact) mass is 788 g/mol. The molecule has 4 heteroatoms. The summed E-state index contributed by atoms with van der Waals surface area (Å²) in [6.07, 6.45) is 0. The Morgan fingerprint density at radius 1 is 0.560 bits per heavy atom. The fourth-order valence-corrected chi connectivity index (χ4v) is 6.12. The number of hydrogen-bond donors (Lipinski definition) is 0. The molecule has 0 spiro atoms. The van der Waals surface area contributed by atoms with E-state index in [1.165, 1.54) is 71.6 Å². The molecule has 0 aliphatic rings. The summed E-state index contributed by atoms with van der Waals surface area (Å²) in [6.45, 7) is 18.1. The molecule has 0 nitrogen and oxygen atoms in total. The van der Waals surface area contributed by atoms with Crippen molar-refractivity contribution in [1.82, 2.24) is 0 Å². The molecule has 0 saturated heterocycles. The molecule has 256 valence electrons. The number of halogens is 2. The van der Waals surface area contributed by atoms with Crippen molar-refractivity contribution in [3.63, 3.8) is 0 Å². The van der Waals surface area contributed by atoms with Crippen LogP contribution in [0.2, 0.25) is 13.1 Å². The van der Waals surface area contributed by atoms with Gasteiger partial charge in [-0.3, -0.25) is 0 Å². The zero-order valence-electron chi connectivity index (χ0n) is 30.6. The fourth-order valence-electron chi connectivity index (χ4n) is 6.12. The molecule has 0 N–H and O–H groups in total. The van der Waals surface area contributed by atoms with E-state index in [2.05, 4.69) is 194 Å². The molecule has 50 heavy (non-hydrogen) atoms. The largest absolute Gasteiger partial charge is 1.00 e. The van der Waals surface area contributed by atoms with Gasteiger partial charge in [0, 0.05) is 0 Å². The minimum Gasteiger partial charge on any atom is -1.00 e. The van der Waals surface area contributed by atoms with Gasteiger partial charge in [-0.15, -0.1) is 63.0 Å². The normalized spacial score (nSPS) is 10.8. The number of benzene rings is 5. The van der Waals surface area contributed by atoms with Crippen LogP contribution in [0.25, 0.3) is 54.9 Å². The molecule has 0 unspecified atom stereocenters. The van der Waals surface area contributed by atoms with Gasteiger partial charge in [-0.2, -0.15) is 12.1 Å². The van der Waals surface area contributed by atoms with Crippen LogP contribution >= 0.6 is 0 Å². The van der Waals surface area contributed by atoms with Gasteiger partial charge in [0.15, 0.2) is 0 Å². The molecule has 0 radical (unpaired) electrons. The Bertz CT molecular complexity index is 2110. The third-order valence-electron chi connectivity index (χ3n) is 8.66. The van der Waals surface area contributed by atoms with E-state index in [1.807, 2.05) is 0 Å². The molecule has 0 saturated carbocycles. The Hall–Kier alpha value is -3.00. The number of hydrogen-bond acceptors (Lipinski definition) is 0. The first-order chi connectivity index (χ1) is 22.9. The molecular formula is C46H48Cl2SiZr-2. The van der Waals surface area contributed by atoms with Crippen molar-refractivity contribution >= 4 is 27.0 Å². The van der Waals surface area contributed by atoms with E-state index in [4.69, 9.17) is 0 Å². The Kier molecular flexibility index (Phi) is 15.3. The minimum atomic E-state index is 0. The topological polar surface area (TPSA) is 0 Å². The van der Waals surface area contributed by atoms with Crippen molar-refractivity contribution in [1.29, 1.82) is 0 Å². The maximum absolute atomic E-state index is 2.35. The van der Waals surface area contributed by atoms with Gasteiger partial charge in [0.2, 0.25) is 0 Å². The van der Waals surface area contributed by atoms with Crippen molar-refractivity contribution in [2.45, 2.75) is 66.0 Å². The van der Waals surface area contributed by atoms with Crippen LogP contribution in [0.1, 0.15) is 57.2 Å². The Morgan fingerprint density at radius 3 is 1.66 bits per heavy atom. The summed E-state index contributed by atoms with van der Waals surface area (Å²) in [5, 5.41) is 5.37. The second-order valence-electron chi connectivity index (χ2n) is 14.4. The summed E-state index contributed by atoms with van der Waals surface area (Å²) in [6, 6.07) is 50.8. The van der Waals surface area contributed by atoms with Crippen LogP contribution in [-0.2, 0) is 28.8 Å². The number of rotatable bonds is 4. The molecule has 0 bridgehead atoms. The molecule has 0 fully saturated rings. The van der Waals surface area contributed by atoms with E-state index in [9.17, 15) is 0 Å². The Morgan fingerprint density at radius 2 is 1.10 bits per heavy atom. The summed E-state index contributed by atoms with van der Waals surface area (Å²) in [4.78, 5) is 0. The van der Waals surface area contributed by atoms with Gasteiger partial charge in [0.25, 0.3) is 0 Å². The van der Waals surface area contributed by atoms with E-state index in [-0.39, 0.29) is 35.7 Å². The third-order valence-corrected chi connectivity index (χ3v) is 8.66. The second-order valence-corrected chi connectivity index (χ2v) is 23.7. The van der Waals surface area contributed by atoms with E-state index < -0.39 is 0 Å². The molecule has 7 rings (SSSR count). The van der Waals surface area contributed by atoms with Crippen LogP contribution < -0.4 is 24.8 Å². The molecular weight excluding hydrogens is 743 g/mol. The zero-order chi connectivity index (χ0) is 34.4. The number of fused-ring (bicyclic) bond motifs is 2. The molecule has 7 aromatic carbocycles. The molecule has 0 aromatic heterocycles. The average molecular weight is 791 g/mol. The molecule has 0 amide bonds. The molecule has 7 aromatic rings. The predicted molar refractivity (Wildman–Crippen MR) is 210 cm³/mol. The Labute approximate surface area is 328 Å². The first-order valence-electron chi connectivity index (χ1n) is 17.0. The number of aryl methyl sites for hydroxylation is 1. The zero-order valence-corrected chi connectivity index (χ0v) is 35.6. The quantitative estimate of drug-likeness (QED) is 0.127. The maximum atomic E-state index is 2.35. The SMILES string of the molecule is CC(C)c1cc2c(-c3ccc(C(C)(C)C)cc3)cccc2[cH-]1.C[Si](C)=[Zr+2].Cc1cc2c(-c3ccccc3)cc(-c3ccccc3)cc2[cH-]1.[Cl-].[Cl-]. The van der Waals surface area contributed by atoms with Crippen LogP contribution in [-0.4, -0.2) is 5.43 Å². The van der Waals surface area contributed by atoms with Crippen LogP contribution in [0.5, 0.6) is 0 Å². The van der Waals surface area contributed by atoms with Crippen LogP contribution in [0, 0.1) is 6.92 Å². The fraction of sp³-hybridized carbons (Fsp3) is 0.217. The smallest absolute Gasteiger partial charge is 0.0277 e. The van der Waals surface area contributed by atoms with Crippen LogP contribution in [0.4, 0.5) is 0 Å². The van der Waals surface area contributed by atoms with E-state index in [0.29, 0.717) is 5.92 Å². The summed E-state index contributed by atoms with van der Waals surface area (Å²) < 4.78 is 0. The van der Waals surface area contributed by atoms with Gasteiger partial charge >= 0.3 is 41.9 Å². The maximum Gasteiger partial charge on any atom is -0.0277 e. The van der Waals surface area contributed by atoms with Crippen molar-refractivity contribution in [2.75, 3.05) is 0 Å². The van der Waals surface area contributed by atoms with Crippen LogP contribution in [0.15, 0.2) is 140 Å². The summed E-state index contributed by atoms with van der Waals surface area (Å²) >= 11 is 1.74. The second kappa shape index (κ2) is 18.5. The minimum absolute atomic E-state index is 0. The van der Waals surface area contributed by atoms with Gasteiger partial charge in [-0.1, -0.05) is 155 Å². The van der Waals surface area contributed by atoms with Crippen molar-refractivity contribution < 1.29 is 48.1 Å². The van der Waals surface area contributed by atoms with E-state index in [0.717, 1.165) is 0 Å². The average Bonchev–Trinajstić information content (AvgIpc) is 3.68. The van der Waals surface area contributed by atoms with Gasteiger partial charge in [-0.25, -0.2) is 0 Å². The standard InChI is InChI=1S/C22H17.C22H25.C2H6Si.2ClH.Zr/c1-16-12-20-14-19(17-8-4-2-5-9-17)15-22(21(20)13-16)18-10-6-3-7-11-18;1-15(2)18-13-17-7-6-8-20(21(17)14-18)16-9-11-19(12-10-16)22(3,4)5;1-3-2;;;/h2-15H,1H3;6-15H,1-5H3;1-2H3;2*1H;/q2*-1;;;;+2/p-2. The Balaban J connectivity index is 0.000000236. The van der Waals surface area contributed by atoms with Crippen molar-refractivity contribution in [3.05, 3.63) is 156 Å². The van der Waals surface area contributed by atoms with Crippen LogP contribution in [0.3, 0.4) is 0 Å². The predicted octanol–water partition coefficient (Wildman–Crippen LogP) is 7.64. The van der Waals surface area contributed by atoms with Gasteiger partial charge in [0.05, 0.1) is 0 Å². The molecule has 0 heterocycles. The first-order valence-corrected chi connectivity index (χ1v) is 23.2. The first kappa shape index (κ1) is 41.4. The van der Waals surface area contributed by atoms with Gasteiger partial charge in [0.1, 0.15) is 0 Å². The van der Waals surface area contributed by atoms with Crippen molar-refractivity contribution in [3.8, 4) is 33.4 Å².